The average molecular weight is 257 g/mol. The highest BCUT2D eigenvalue weighted by molar-refractivity contribution is 5.84. The largest absolute Gasteiger partial charge is 0.481 e. The molecule has 7 heteroatoms. The van der Waals surface area contributed by atoms with Crippen LogP contribution in [0.15, 0.2) is 0 Å². The molecular formula is C11H19N3O4. The summed E-state index contributed by atoms with van der Waals surface area (Å²) in [6, 6.07) is -0.397. The number of carbonyl (C=O) groups excluding carboxylic acids is 2. The summed E-state index contributed by atoms with van der Waals surface area (Å²) in [5.74, 6) is -1.16. The topological polar surface area (TPSA) is 98.7 Å². The third kappa shape index (κ3) is 3.35. The van der Waals surface area contributed by atoms with Crippen LogP contribution in [0.5, 0.6) is 0 Å². The smallest absolute Gasteiger partial charge is 0.317 e. The lowest BCUT2D eigenvalue weighted by molar-refractivity contribution is -0.147. The van der Waals surface area contributed by atoms with E-state index >= 15 is 0 Å². The highest BCUT2D eigenvalue weighted by Crippen LogP contribution is 2.29. The Hall–Kier alpha value is -1.79. The normalized spacial score (nSPS) is 22.7. The Kier molecular flexibility index (Phi) is 4.52. The molecule has 1 aliphatic rings. The quantitative estimate of drug-likeness (QED) is 0.640. The maximum atomic E-state index is 11.7. The van der Waals surface area contributed by atoms with Gasteiger partial charge >= 0.3 is 12.0 Å². The van der Waals surface area contributed by atoms with Gasteiger partial charge in [-0.2, -0.15) is 0 Å². The maximum absolute atomic E-state index is 11.7. The van der Waals surface area contributed by atoms with Gasteiger partial charge in [0.25, 0.3) is 0 Å². The zero-order valence-electron chi connectivity index (χ0n) is 10.7. The van der Waals surface area contributed by atoms with Crippen LogP contribution in [0.3, 0.4) is 0 Å². The number of carboxylic acid groups (broad SMARTS) is 1. The first-order valence-corrected chi connectivity index (χ1v) is 5.92. The summed E-state index contributed by atoms with van der Waals surface area (Å²) in [5, 5.41) is 14.1. The number of carbonyl (C=O) groups is 3. The van der Waals surface area contributed by atoms with E-state index in [0.29, 0.717) is 19.5 Å². The minimum atomic E-state index is -0.901. The molecule has 1 rings (SSSR count). The molecule has 18 heavy (non-hydrogen) atoms. The molecule has 1 unspecified atom stereocenters. The number of likely N-dealkylation sites (tertiary alicyclic amines) is 1. The molecule has 0 aromatic carbocycles. The summed E-state index contributed by atoms with van der Waals surface area (Å²) in [7, 11) is 0. The van der Waals surface area contributed by atoms with Crippen LogP contribution >= 0.6 is 0 Å². The Balaban J connectivity index is 2.41. The van der Waals surface area contributed by atoms with Gasteiger partial charge in [0.2, 0.25) is 5.91 Å². The van der Waals surface area contributed by atoms with E-state index in [-0.39, 0.29) is 19.0 Å². The Labute approximate surface area is 106 Å². The molecule has 1 atom stereocenters. The standard InChI is InChI=1S/C11H19N3O4/c1-3-12-8(15)6-13-10(18)14-5-4-11(2,7-14)9(16)17/h3-7H2,1-2H3,(H,12,15)(H,13,18)(H,16,17). The van der Waals surface area contributed by atoms with Crippen LogP contribution in [-0.4, -0.2) is 54.1 Å². The molecule has 7 nitrogen and oxygen atoms in total. The Morgan fingerprint density at radius 2 is 2.00 bits per heavy atom. The summed E-state index contributed by atoms with van der Waals surface area (Å²) in [5.41, 5.74) is -0.886. The van der Waals surface area contributed by atoms with Crippen LogP contribution in [-0.2, 0) is 9.59 Å². The summed E-state index contributed by atoms with van der Waals surface area (Å²) < 4.78 is 0. The van der Waals surface area contributed by atoms with Gasteiger partial charge in [-0.3, -0.25) is 9.59 Å². The van der Waals surface area contributed by atoms with Crippen molar-refractivity contribution >= 4 is 17.9 Å². The van der Waals surface area contributed by atoms with Gasteiger partial charge in [0.1, 0.15) is 0 Å². The Morgan fingerprint density at radius 1 is 1.33 bits per heavy atom. The van der Waals surface area contributed by atoms with E-state index in [9.17, 15) is 14.4 Å². The molecular weight excluding hydrogens is 238 g/mol. The first-order valence-electron chi connectivity index (χ1n) is 5.92. The lowest BCUT2D eigenvalue weighted by atomic mass is 9.90. The second-order valence-electron chi connectivity index (χ2n) is 4.65. The SMILES string of the molecule is CCNC(=O)CNC(=O)N1CCC(C)(C(=O)O)C1. The molecule has 0 bridgehead atoms. The molecule has 1 fully saturated rings. The van der Waals surface area contributed by atoms with Crippen molar-refractivity contribution in [1.82, 2.24) is 15.5 Å². The number of hydrogen-bond acceptors (Lipinski definition) is 3. The summed E-state index contributed by atoms with van der Waals surface area (Å²) in [6.45, 7) is 4.39. The van der Waals surface area contributed by atoms with Crippen molar-refractivity contribution in [1.29, 1.82) is 0 Å². The average Bonchev–Trinajstić information content (AvgIpc) is 2.71. The molecule has 1 aliphatic heterocycles. The van der Waals surface area contributed by atoms with Crippen molar-refractivity contribution in [2.75, 3.05) is 26.2 Å². The van der Waals surface area contributed by atoms with Gasteiger partial charge in [-0.15, -0.1) is 0 Å². The zero-order chi connectivity index (χ0) is 13.8. The van der Waals surface area contributed by atoms with Crippen molar-refractivity contribution in [3.8, 4) is 0 Å². The fraction of sp³-hybridized carbons (Fsp3) is 0.727. The number of likely N-dealkylation sites (N-methyl/N-ethyl adjacent to an activating group) is 1. The second-order valence-corrected chi connectivity index (χ2v) is 4.65. The van der Waals surface area contributed by atoms with E-state index < -0.39 is 17.4 Å². The fourth-order valence-corrected chi connectivity index (χ4v) is 1.84. The van der Waals surface area contributed by atoms with Crippen LogP contribution in [0.25, 0.3) is 0 Å². The molecule has 0 aromatic heterocycles. The third-order valence-electron chi connectivity index (χ3n) is 3.05. The lowest BCUT2D eigenvalue weighted by Crippen LogP contribution is -2.44. The number of aliphatic carboxylic acids is 1. The highest BCUT2D eigenvalue weighted by atomic mass is 16.4. The van der Waals surface area contributed by atoms with Crippen molar-refractivity contribution in [2.24, 2.45) is 5.41 Å². The van der Waals surface area contributed by atoms with Crippen molar-refractivity contribution in [2.45, 2.75) is 20.3 Å². The molecule has 0 aliphatic carbocycles. The predicted molar refractivity (Wildman–Crippen MR) is 64.0 cm³/mol. The van der Waals surface area contributed by atoms with Crippen LogP contribution < -0.4 is 10.6 Å². The molecule has 3 amide bonds. The Morgan fingerprint density at radius 3 is 2.50 bits per heavy atom. The van der Waals surface area contributed by atoms with Crippen LogP contribution in [0, 0.1) is 5.41 Å². The first-order chi connectivity index (χ1) is 8.39. The van der Waals surface area contributed by atoms with E-state index in [0.717, 1.165) is 0 Å². The molecule has 0 spiro atoms. The van der Waals surface area contributed by atoms with Crippen LogP contribution in [0.2, 0.25) is 0 Å². The van der Waals surface area contributed by atoms with Gasteiger partial charge in [0.05, 0.1) is 12.0 Å². The molecule has 1 saturated heterocycles. The predicted octanol–water partition coefficient (Wildman–Crippen LogP) is -0.371. The van der Waals surface area contributed by atoms with Gasteiger partial charge in [-0.05, 0) is 20.3 Å². The number of rotatable bonds is 4. The Bertz CT molecular complexity index is 358. The number of carboxylic acids is 1. The molecule has 102 valence electrons. The molecule has 1 heterocycles. The van der Waals surface area contributed by atoms with Gasteiger partial charge in [-0.1, -0.05) is 0 Å². The van der Waals surface area contributed by atoms with E-state index in [2.05, 4.69) is 10.6 Å². The lowest BCUT2D eigenvalue weighted by Gasteiger charge is -2.20. The van der Waals surface area contributed by atoms with E-state index in [4.69, 9.17) is 5.11 Å². The number of nitrogens with zero attached hydrogens (tertiary/aromatic N) is 1. The van der Waals surface area contributed by atoms with Gasteiger partial charge in [0.15, 0.2) is 0 Å². The third-order valence-corrected chi connectivity index (χ3v) is 3.05. The summed E-state index contributed by atoms with van der Waals surface area (Å²) >= 11 is 0. The van der Waals surface area contributed by atoms with E-state index in [1.165, 1.54) is 4.90 Å². The molecule has 0 saturated carbocycles. The minimum absolute atomic E-state index is 0.0903. The number of hydrogen-bond donors (Lipinski definition) is 3. The monoisotopic (exact) mass is 257 g/mol. The van der Waals surface area contributed by atoms with Gasteiger partial charge in [0, 0.05) is 19.6 Å². The minimum Gasteiger partial charge on any atom is -0.481 e. The van der Waals surface area contributed by atoms with Crippen molar-refractivity contribution in [3.05, 3.63) is 0 Å². The van der Waals surface area contributed by atoms with Crippen LogP contribution in [0.1, 0.15) is 20.3 Å². The zero-order valence-corrected chi connectivity index (χ0v) is 10.7. The van der Waals surface area contributed by atoms with Gasteiger partial charge < -0.3 is 20.6 Å². The van der Waals surface area contributed by atoms with E-state index in [1.807, 2.05) is 0 Å². The second kappa shape index (κ2) is 5.70. The summed E-state index contributed by atoms with van der Waals surface area (Å²) in [4.78, 5) is 35.3. The molecule has 0 radical (unpaired) electrons. The van der Waals surface area contributed by atoms with E-state index in [1.54, 1.807) is 13.8 Å². The van der Waals surface area contributed by atoms with Crippen molar-refractivity contribution < 1.29 is 19.5 Å². The molecule has 0 aromatic rings. The van der Waals surface area contributed by atoms with Crippen molar-refractivity contribution in [3.63, 3.8) is 0 Å². The maximum Gasteiger partial charge on any atom is 0.317 e. The van der Waals surface area contributed by atoms with Gasteiger partial charge in [-0.25, -0.2) is 4.79 Å². The molecule has 3 N–H and O–H groups in total. The van der Waals surface area contributed by atoms with Crippen LogP contribution in [0.4, 0.5) is 4.79 Å². The fourth-order valence-electron chi connectivity index (χ4n) is 1.84. The number of amides is 3. The number of nitrogens with one attached hydrogen (secondary N) is 2. The number of urea groups is 1. The first kappa shape index (κ1) is 14.3. The summed E-state index contributed by atoms with van der Waals surface area (Å²) in [6.07, 6.45) is 0.427. The highest BCUT2D eigenvalue weighted by Gasteiger charge is 2.42.